The van der Waals surface area contributed by atoms with Gasteiger partial charge in [0, 0.05) is 5.39 Å². The van der Waals surface area contributed by atoms with Gasteiger partial charge in [0.15, 0.2) is 5.11 Å². The third-order valence-electron chi connectivity index (χ3n) is 3.78. The first-order chi connectivity index (χ1) is 12.6. The van der Waals surface area contributed by atoms with Crippen molar-refractivity contribution in [2.75, 3.05) is 12.5 Å². The summed E-state index contributed by atoms with van der Waals surface area (Å²) in [5.41, 5.74) is 4.79. The largest absolute Gasteiger partial charge is 0.464 e. The fourth-order valence-corrected chi connectivity index (χ4v) is 2.82. The van der Waals surface area contributed by atoms with Gasteiger partial charge in [-0.05, 0) is 29.9 Å². The van der Waals surface area contributed by atoms with Crippen molar-refractivity contribution in [2.45, 2.75) is 6.42 Å². The Labute approximate surface area is 155 Å². The third kappa shape index (κ3) is 3.89. The maximum absolute atomic E-state index is 12.2. The first-order valence-electron chi connectivity index (χ1n) is 7.92. The van der Waals surface area contributed by atoms with Crippen molar-refractivity contribution < 1.29 is 14.3 Å². The van der Waals surface area contributed by atoms with E-state index in [2.05, 4.69) is 10.7 Å². The number of carbonyl (C=O) groups is 2. The molecule has 6 nitrogen and oxygen atoms in total. The highest BCUT2D eigenvalue weighted by Crippen LogP contribution is 2.19. The van der Waals surface area contributed by atoms with E-state index < -0.39 is 5.97 Å². The highest BCUT2D eigenvalue weighted by molar-refractivity contribution is 7.80. The minimum atomic E-state index is -0.507. The molecule has 2 aromatic carbocycles. The monoisotopic (exact) mass is 367 g/mol. The zero-order chi connectivity index (χ0) is 18.5. The average molecular weight is 367 g/mol. The van der Waals surface area contributed by atoms with E-state index in [9.17, 15) is 9.59 Å². The van der Waals surface area contributed by atoms with Crippen molar-refractivity contribution in [3.8, 4) is 0 Å². The number of nitrogens with zero attached hydrogens (tertiary/aromatic N) is 1. The van der Waals surface area contributed by atoms with Gasteiger partial charge in [0.25, 0.3) is 0 Å². The number of carbonyl (C=O) groups excluding carboxylic acids is 2. The summed E-state index contributed by atoms with van der Waals surface area (Å²) in [6.45, 7) is 0. The summed E-state index contributed by atoms with van der Waals surface area (Å²) in [7, 11) is 1.31. The van der Waals surface area contributed by atoms with Crippen LogP contribution in [-0.2, 0) is 16.0 Å². The lowest BCUT2D eigenvalue weighted by Crippen LogP contribution is -2.39. The fourth-order valence-electron chi connectivity index (χ4n) is 2.61. The maximum Gasteiger partial charge on any atom is 0.356 e. The summed E-state index contributed by atoms with van der Waals surface area (Å²) >= 11 is 5.22. The Morgan fingerprint density at radius 3 is 2.50 bits per heavy atom. The molecule has 0 spiro atoms. The van der Waals surface area contributed by atoms with Crippen molar-refractivity contribution >= 4 is 40.1 Å². The second kappa shape index (κ2) is 7.79. The maximum atomic E-state index is 12.2. The number of esters is 1. The number of fused-ring (bicyclic) bond motifs is 1. The number of para-hydroxylation sites is 1. The molecule has 0 radical (unpaired) electrons. The van der Waals surface area contributed by atoms with Crippen LogP contribution >= 0.6 is 12.2 Å². The van der Waals surface area contributed by atoms with E-state index in [1.165, 1.54) is 11.8 Å². The molecule has 7 heteroatoms. The number of nitrogens with one attached hydrogen (secondary N) is 2. The van der Waals surface area contributed by atoms with Gasteiger partial charge in [-0.15, -0.1) is 0 Å². The number of thiocarbonyl (C=S) groups is 1. The summed E-state index contributed by atoms with van der Waals surface area (Å²) in [4.78, 5) is 24.2. The molecular formula is C19H17N3O3S. The number of hydrogen-bond acceptors (Lipinski definition) is 4. The molecule has 0 atom stereocenters. The Bertz CT molecular complexity index is 967. The lowest BCUT2D eigenvalue weighted by Gasteiger charge is -2.14. The topological polar surface area (TPSA) is 72.4 Å². The van der Waals surface area contributed by atoms with E-state index in [1.807, 2.05) is 54.6 Å². The summed E-state index contributed by atoms with van der Waals surface area (Å²) in [5.74, 6) is -0.753. The SMILES string of the molecule is COC(=O)c1cc2ccccc2n1NC(=S)NC(=O)Cc1ccccc1. The first-order valence-corrected chi connectivity index (χ1v) is 8.33. The number of aromatic nitrogens is 1. The molecular weight excluding hydrogens is 350 g/mol. The predicted molar refractivity (Wildman–Crippen MR) is 104 cm³/mol. The average Bonchev–Trinajstić information content (AvgIpc) is 3.00. The van der Waals surface area contributed by atoms with Crippen LogP contribution < -0.4 is 10.7 Å². The number of hydrogen-bond donors (Lipinski definition) is 2. The first kappa shape index (κ1) is 17.6. The molecule has 2 N–H and O–H groups in total. The summed E-state index contributed by atoms with van der Waals surface area (Å²) in [6, 6.07) is 18.5. The van der Waals surface area contributed by atoms with Crippen LogP contribution in [0, 0.1) is 0 Å². The fraction of sp³-hybridized carbons (Fsp3) is 0.105. The molecule has 0 fully saturated rings. The minimum absolute atomic E-state index is 0.0948. The van der Waals surface area contributed by atoms with E-state index in [0.29, 0.717) is 0 Å². The van der Waals surface area contributed by atoms with Gasteiger partial charge in [0.1, 0.15) is 5.69 Å². The van der Waals surface area contributed by atoms with Crippen molar-refractivity contribution in [2.24, 2.45) is 0 Å². The number of ether oxygens (including phenoxy) is 1. The lowest BCUT2D eigenvalue weighted by atomic mass is 10.1. The number of benzene rings is 2. The molecule has 1 aromatic heterocycles. The summed E-state index contributed by atoms with van der Waals surface area (Å²) in [5, 5.41) is 3.56. The van der Waals surface area contributed by atoms with Crippen LogP contribution in [-0.4, -0.2) is 28.8 Å². The van der Waals surface area contributed by atoms with Crippen LogP contribution in [0.15, 0.2) is 60.7 Å². The Morgan fingerprint density at radius 1 is 1.08 bits per heavy atom. The zero-order valence-corrected chi connectivity index (χ0v) is 14.9. The van der Waals surface area contributed by atoms with Gasteiger partial charge in [-0.1, -0.05) is 48.5 Å². The molecule has 1 heterocycles. The molecule has 0 aliphatic rings. The summed E-state index contributed by atoms with van der Waals surface area (Å²) in [6.07, 6.45) is 0.207. The van der Waals surface area contributed by atoms with Gasteiger partial charge >= 0.3 is 5.97 Å². The standard InChI is InChI=1S/C19H17N3O3S/c1-25-18(24)16-12-14-9-5-6-10-15(14)22(16)21-19(26)20-17(23)11-13-7-3-2-4-8-13/h2-10,12H,11H2,1H3,(H2,20,21,23,26). The van der Waals surface area contributed by atoms with Crippen molar-refractivity contribution in [1.82, 2.24) is 9.99 Å². The molecule has 0 aliphatic heterocycles. The molecule has 0 aliphatic carbocycles. The molecule has 132 valence electrons. The quantitative estimate of drug-likeness (QED) is 0.548. The molecule has 3 rings (SSSR count). The van der Waals surface area contributed by atoms with E-state index in [0.717, 1.165) is 16.5 Å². The van der Waals surface area contributed by atoms with Crippen LogP contribution in [0.1, 0.15) is 16.1 Å². The van der Waals surface area contributed by atoms with Crippen LogP contribution in [0.5, 0.6) is 0 Å². The molecule has 1 amide bonds. The smallest absolute Gasteiger partial charge is 0.356 e. The second-order valence-electron chi connectivity index (χ2n) is 5.57. The van der Waals surface area contributed by atoms with Crippen molar-refractivity contribution in [3.05, 3.63) is 71.9 Å². The van der Waals surface area contributed by atoms with Crippen LogP contribution in [0.3, 0.4) is 0 Å². The third-order valence-corrected chi connectivity index (χ3v) is 3.97. The zero-order valence-electron chi connectivity index (χ0n) is 14.1. The molecule has 26 heavy (non-hydrogen) atoms. The molecule has 0 saturated heterocycles. The van der Waals surface area contributed by atoms with Gasteiger partial charge in [-0.25, -0.2) is 9.47 Å². The Morgan fingerprint density at radius 2 is 1.77 bits per heavy atom. The van der Waals surface area contributed by atoms with Crippen molar-refractivity contribution in [3.63, 3.8) is 0 Å². The highest BCUT2D eigenvalue weighted by atomic mass is 32.1. The number of rotatable bonds is 4. The Hall–Kier alpha value is -3.19. The van der Waals surface area contributed by atoms with Crippen LogP contribution in [0.2, 0.25) is 0 Å². The van der Waals surface area contributed by atoms with Crippen LogP contribution in [0.25, 0.3) is 10.9 Å². The van der Waals surface area contributed by atoms with Crippen molar-refractivity contribution in [1.29, 1.82) is 0 Å². The van der Waals surface area contributed by atoms with Gasteiger partial charge in [0.05, 0.1) is 19.0 Å². The molecule has 0 saturated carbocycles. The lowest BCUT2D eigenvalue weighted by molar-refractivity contribution is -0.119. The molecule has 0 unspecified atom stereocenters. The van der Waals surface area contributed by atoms with Crippen LogP contribution in [0.4, 0.5) is 0 Å². The highest BCUT2D eigenvalue weighted by Gasteiger charge is 2.17. The second-order valence-corrected chi connectivity index (χ2v) is 5.98. The Balaban J connectivity index is 1.76. The number of amides is 1. The summed E-state index contributed by atoms with van der Waals surface area (Å²) < 4.78 is 6.32. The van der Waals surface area contributed by atoms with Gasteiger partial charge in [0.2, 0.25) is 5.91 Å². The van der Waals surface area contributed by atoms with E-state index in [-0.39, 0.29) is 23.1 Å². The van der Waals surface area contributed by atoms with Gasteiger partial charge in [-0.3, -0.25) is 10.2 Å². The van der Waals surface area contributed by atoms with E-state index in [4.69, 9.17) is 17.0 Å². The minimum Gasteiger partial charge on any atom is -0.464 e. The van der Waals surface area contributed by atoms with Gasteiger partial charge < -0.3 is 10.1 Å². The number of methoxy groups -OCH3 is 1. The van der Waals surface area contributed by atoms with E-state index >= 15 is 0 Å². The predicted octanol–water partition coefficient (Wildman–Crippen LogP) is 2.62. The molecule has 0 bridgehead atoms. The normalized spacial score (nSPS) is 10.3. The molecule has 3 aromatic rings. The van der Waals surface area contributed by atoms with E-state index in [1.54, 1.807) is 6.07 Å². The Kier molecular flexibility index (Phi) is 5.28. The van der Waals surface area contributed by atoms with Gasteiger partial charge in [-0.2, -0.15) is 0 Å².